The molecule has 0 aliphatic carbocycles. The number of aliphatic imine (C=N–C) groups is 1. The van der Waals surface area contributed by atoms with Gasteiger partial charge in [-0.1, -0.05) is 25.1 Å². The number of benzene rings is 2. The molecule has 1 heterocycles. The van der Waals surface area contributed by atoms with Gasteiger partial charge in [-0.05, 0) is 87.6 Å². The smallest absolute Gasteiger partial charge is 0.264 e. The fraction of sp³-hybridized carbons (Fsp3) is 0.143. The quantitative estimate of drug-likeness (QED) is 0.485. The van der Waals surface area contributed by atoms with Gasteiger partial charge in [0.25, 0.3) is 5.91 Å². The van der Waals surface area contributed by atoms with Crippen LogP contribution in [0.1, 0.15) is 23.6 Å². The van der Waals surface area contributed by atoms with Crippen LogP contribution in [0.25, 0.3) is 6.08 Å². The van der Waals surface area contributed by atoms with Crippen LogP contribution in [-0.4, -0.2) is 16.2 Å². The Morgan fingerprint density at radius 3 is 2.70 bits per heavy atom. The number of carbonyl (C=O) groups is 1. The lowest BCUT2D eigenvalue weighted by Gasteiger charge is -2.06. The minimum absolute atomic E-state index is 0.182. The zero-order valence-corrected chi connectivity index (χ0v) is 17.2. The monoisotopic (exact) mass is 442 g/mol. The Hall–Kier alpha value is -2.31. The number of amidine groups is 1. The molecular weight excluding hydrogens is 424 g/mol. The first-order chi connectivity index (χ1) is 13.0. The first kappa shape index (κ1) is 19.5. The van der Waals surface area contributed by atoms with Crippen molar-refractivity contribution in [3.05, 3.63) is 75.1 Å². The van der Waals surface area contributed by atoms with Gasteiger partial charge >= 0.3 is 0 Å². The maximum Gasteiger partial charge on any atom is 0.264 e. The van der Waals surface area contributed by atoms with Crippen molar-refractivity contribution in [3.8, 4) is 5.75 Å². The zero-order valence-electron chi connectivity index (χ0n) is 14.8. The number of aryl methyl sites for hydroxylation is 1. The van der Waals surface area contributed by atoms with Crippen molar-refractivity contribution in [3.63, 3.8) is 0 Å². The summed E-state index contributed by atoms with van der Waals surface area (Å²) in [5.74, 6) is 0.0109. The molecule has 138 valence electrons. The molecule has 0 spiro atoms. The molecular formula is C21H19BrN2O2S. The van der Waals surface area contributed by atoms with E-state index in [0.29, 0.717) is 21.0 Å². The standard InChI is InChI=1S/C21H19BrN2O2S/c1-3-5-15-10-14(11-17(22)19(15)25)12-18-20(26)24-21(27-18)23-16-8-6-13(4-2)7-9-16/h3,6-12,25H,1,4-5H2,2H3,(H,23,24,26)/b18-12-. The molecule has 1 fully saturated rings. The van der Waals surface area contributed by atoms with Crippen molar-refractivity contribution in [2.75, 3.05) is 0 Å². The number of nitrogens with one attached hydrogen (secondary N) is 1. The summed E-state index contributed by atoms with van der Waals surface area (Å²) in [7, 11) is 0. The SMILES string of the molecule is C=CCc1cc(/C=C2\SC(=Nc3ccc(CC)cc3)NC2=O)cc(Br)c1O. The number of hydrogen-bond acceptors (Lipinski definition) is 4. The van der Waals surface area contributed by atoms with Crippen LogP contribution in [0.4, 0.5) is 5.69 Å². The number of carbonyl (C=O) groups excluding carboxylic acids is 1. The molecule has 0 bridgehead atoms. The number of thioether (sulfide) groups is 1. The molecule has 0 saturated carbocycles. The van der Waals surface area contributed by atoms with Crippen LogP contribution in [0.3, 0.4) is 0 Å². The highest BCUT2D eigenvalue weighted by Crippen LogP contribution is 2.33. The zero-order chi connectivity index (χ0) is 19.4. The van der Waals surface area contributed by atoms with Crippen LogP contribution in [0.5, 0.6) is 5.75 Å². The fourth-order valence-corrected chi connectivity index (χ4v) is 3.99. The molecule has 6 heteroatoms. The first-order valence-corrected chi connectivity index (χ1v) is 10.1. The Morgan fingerprint density at radius 2 is 2.04 bits per heavy atom. The van der Waals surface area contributed by atoms with Gasteiger partial charge in [-0.2, -0.15) is 0 Å². The molecule has 1 aliphatic heterocycles. The average molecular weight is 443 g/mol. The van der Waals surface area contributed by atoms with Gasteiger partial charge in [-0.25, -0.2) is 4.99 Å². The van der Waals surface area contributed by atoms with Gasteiger partial charge in [0.05, 0.1) is 15.1 Å². The lowest BCUT2D eigenvalue weighted by Crippen LogP contribution is -2.19. The summed E-state index contributed by atoms with van der Waals surface area (Å²) in [6, 6.07) is 11.6. The highest BCUT2D eigenvalue weighted by molar-refractivity contribution is 9.10. The van der Waals surface area contributed by atoms with E-state index < -0.39 is 0 Å². The molecule has 0 atom stereocenters. The van der Waals surface area contributed by atoms with E-state index in [9.17, 15) is 9.90 Å². The highest BCUT2D eigenvalue weighted by atomic mass is 79.9. The fourth-order valence-electron chi connectivity index (χ4n) is 2.63. The summed E-state index contributed by atoms with van der Waals surface area (Å²) >= 11 is 4.65. The van der Waals surface area contributed by atoms with Crippen LogP contribution in [0.15, 0.2) is 63.4 Å². The summed E-state index contributed by atoms with van der Waals surface area (Å²) < 4.78 is 0.585. The number of halogens is 1. The summed E-state index contributed by atoms with van der Waals surface area (Å²) in [6.07, 6.45) is 5.04. The van der Waals surface area contributed by atoms with Gasteiger partial charge in [0, 0.05) is 0 Å². The maximum absolute atomic E-state index is 12.3. The third-order valence-corrected chi connectivity index (χ3v) is 5.57. The van der Waals surface area contributed by atoms with Crippen LogP contribution in [-0.2, 0) is 17.6 Å². The second kappa shape index (κ2) is 8.59. The van der Waals surface area contributed by atoms with Gasteiger partial charge in [0.15, 0.2) is 5.17 Å². The summed E-state index contributed by atoms with van der Waals surface area (Å²) in [5, 5.41) is 13.4. The van der Waals surface area contributed by atoms with E-state index in [1.54, 1.807) is 18.2 Å². The number of phenolic OH excluding ortho intramolecular Hbond substituents is 1. The lowest BCUT2D eigenvalue weighted by molar-refractivity contribution is -0.115. The van der Waals surface area contributed by atoms with Gasteiger partial charge < -0.3 is 10.4 Å². The van der Waals surface area contributed by atoms with Crippen molar-refractivity contribution >= 4 is 50.5 Å². The van der Waals surface area contributed by atoms with E-state index in [1.807, 2.05) is 30.3 Å². The molecule has 1 aliphatic rings. The molecule has 1 amide bonds. The molecule has 0 unspecified atom stereocenters. The minimum Gasteiger partial charge on any atom is -0.506 e. The Labute approximate surface area is 171 Å². The summed E-state index contributed by atoms with van der Waals surface area (Å²) in [6.45, 7) is 5.81. The predicted molar refractivity (Wildman–Crippen MR) is 116 cm³/mol. The Bertz CT molecular complexity index is 949. The minimum atomic E-state index is -0.182. The van der Waals surface area contributed by atoms with E-state index in [0.717, 1.165) is 23.2 Å². The molecule has 3 rings (SSSR count). The van der Waals surface area contributed by atoms with Gasteiger partial charge in [0.2, 0.25) is 0 Å². The van der Waals surface area contributed by atoms with E-state index in [-0.39, 0.29) is 11.7 Å². The average Bonchev–Trinajstić information content (AvgIpc) is 2.99. The first-order valence-electron chi connectivity index (χ1n) is 8.51. The molecule has 27 heavy (non-hydrogen) atoms. The Morgan fingerprint density at radius 1 is 1.30 bits per heavy atom. The van der Waals surface area contributed by atoms with E-state index in [4.69, 9.17) is 0 Å². The second-order valence-electron chi connectivity index (χ2n) is 6.00. The number of hydrogen-bond donors (Lipinski definition) is 2. The van der Waals surface area contributed by atoms with Crippen LogP contribution in [0, 0.1) is 0 Å². The molecule has 1 saturated heterocycles. The van der Waals surface area contributed by atoms with Crippen molar-refractivity contribution in [1.82, 2.24) is 5.32 Å². The third kappa shape index (κ3) is 4.70. The predicted octanol–water partition coefficient (Wildman–Crippen LogP) is 5.34. The molecule has 2 aromatic rings. The number of aromatic hydroxyl groups is 1. The molecule has 0 aromatic heterocycles. The van der Waals surface area contributed by atoms with Gasteiger partial charge in [-0.3, -0.25) is 4.79 Å². The second-order valence-corrected chi connectivity index (χ2v) is 7.89. The molecule has 0 radical (unpaired) electrons. The number of amides is 1. The van der Waals surface area contributed by atoms with E-state index >= 15 is 0 Å². The third-order valence-electron chi connectivity index (χ3n) is 4.05. The van der Waals surface area contributed by atoms with Crippen molar-refractivity contribution < 1.29 is 9.90 Å². The topological polar surface area (TPSA) is 61.7 Å². The number of phenols is 1. The van der Waals surface area contributed by atoms with Crippen molar-refractivity contribution in [2.24, 2.45) is 4.99 Å². The maximum atomic E-state index is 12.3. The van der Waals surface area contributed by atoms with E-state index in [1.165, 1.54) is 17.3 Å². The van der Waals surface area contributed by atoms with Gasteiger partial charge in [-0.15, -0.1) is 6.58 Å². The van der Waals surface area contributed by atoms with Crippen LogP contribution in [0.2, 0.25) is 0 Å². The lowest BCUT2D eigenvalue weighted by atomic mass is 10.1. The van der Waals surface area contributed by atoms with Crippen LogP contribution >= 0.6 is 27.7 Å². The van der Waals surface area contributed by atoms with Crippen molar-refractivity contribution in [2.45, 2.75) is 19.8 Å². The summed E-state index contributed by atoms with van der Waals surface area (Å²) in [4.78, 5) is 17.3. The Balaban J connectivity index is 1.84. The normalized spacial score (nSPS) is 16.7. The largest absolute Gasteiger partial charge is 0.506 e. The Kier molecular flexibility index (Phi) is 6.19. The number of rotatable bonds is 5. The van der Waals surface area contributed by atoms with E-state index in [2.05, 4.69) is 39.7 Å². The van der Waals surface area contributed by atoms with Crippen LogP contribution < -0.4 is 5.32 Å². The van der Waals surface area contributed by atoms with Gasteiger partial charge in [0.1, 0.15) is 5.75 Å². The summed E-state index contributed by atoms with van der Waals surface area (Å²) in [5.41, 5.74) is 3.62. The number of allylic oxidation sites excluding steroid dienone is 1. The molecule has 4 nitrogen and oxygen atoms in total. The molecule has 2 aromatic carbocycles. The highest BCUT2D eigenvalue weighted by Gasteiger charge is 2.24. The number of nitrogens with zero attached hydrogens (tertiary/aromatic N) is 1. The molecule has 2 N–H and O–H groups in total. The van der Waals surface area contributed by atoms with Crippen molar-refractivity contribution in [1.29, 1.82) is 0 Å².